The molecule has 164 valence electrons. The number of ether oxygens (including phenoxy) is 1. The Morgan fingerprint density at radius 1 is 1.19 bits per heavy atom. The maximum atomic E-state index is 13.0. The summed E-state index contributed by atoms with van der Waals surface area (Å²) >= 11 is 6.10. The number of amides is 1. The molecule has 3 rings (SSSR count). The molecule has 3 aromatic rings. The Morgan fingerprint density at radius 3 is 2.55 bits per heavy atom. The molecule has 0 unspecified atom stereocenters. The van der Waals surface area contributed by atoms with Gasteiger partial charge in [-0.15, -0.1) is 0 Å². The average molecular weight is 464 g/mol. The first-order chi connectivity index (χ1) is 14.8. The lowest BCUT2D eigenvalue weighted by Gasteiger charge is -2.20. The molecule has 1 aromatic heterocycles. The number of nitrogens with one attached hydrogen (secondary N) is 1. The van der Waals surface area contributed by atoms with E-state index < -0.39 is 15.9 Å². The van der Waals surface area contributed by atoms with E-state index in [0.717, 1.165) is 0 Å². The summed E-state index contributed by atoms with van der Waals surface area (Å²) in [7, 11) is -2.46. The van der Waals surface area contributed by atoms with Crippen LogP contribution >= 0.6 is 11.6 Å². The predicted molar refractivity (Wildman–Crippen MR) is 117 cm³/mol. The fraction of sp³-hybridized carbons (Fsp3) is 0.250. The number of nitrogens with zero attached hydrogens (tertiary/aromatic N) is 4. The van der Waals surface area contributed by atoms with Crippen LogP contribution in [0.4, 0.5) is 5.69 Å². The van der Waals surface area contributed by atoms with Crippen molar-refractivity contribution in [1.82, 2.24) is 19.1 Å². The Balaban J connectivity index is 2.00. The number of halogens is 1. The molecule has 1 N–H and O–H groups in total. The van der Waals surface area contributed by atoms with Crippen LogP contribution in [0.3, 0.4) is 0 Å². The number of carbonyl (C=O) groups excluding carboxylic acids is 1. The Labute approximate surface area is 185 Å². The van der Waals surface area contributed by atoms with E-state index in [4.69, 9.17) is 16.3 Å². The van der Waals surface area contributed by atoms with Gasteiger partial charge in [0.05, 0.1) is 18.5 Å². The Kier molecular flexibility index (Phi) is 6.94. The van der Waals surface area contributed by atoms with Gasteiger partial charge in [-0.1, -0.05) is 25.4 Å². The molecule has 0 aliphatic heterocycles. The number of hydrogen-bond acceptors (Lipinski definition) is 6. The molecule has 1 amide bonds. The summed E-state index contributed by atoms with van der Waals surface area (Å²) in [6.45, 7) is 4.08. The minimum absolute atomic E-state index is 0.0751. The summed E-state index contributed by atoms with van der Waals surface area (Å²) in [5, 5.41) is 7.26. The third-order valence-corrected chi connectivity index (χ3v) is 6.93. The zero-order chi connectivity index (χ0) is 22.6. The largest absolute Gasteiger partial charge is 0.495 e. The van der Waals surface area contributed by atoms with Gasteiger partial charge in [-0.2, -0.15) is 9.40 Å². The lowest BCUT2D eigenvalue weighted by molar-refractivity contribution is 0.102. The highest BCUT2D eigenvalue weighted by molar-refractivity contribution is 7.89. The number of benzene rings is 2. The number of carbonyl (C=O) groups is 1. The quantitative estimate of drug-likeness (QED) is 0.549. The third-order valence-electron chi connectivity index (χ3n) is 4.62. The first-order valence-electron chi connectivity index (χ1n) is 9.45. The molecule has 0 saturated carbocycles. The maximum absolute atomic E-state index is 13.0. The highest BCUT2D eigenvalue weighted by Gasteiger charge is 2.27. The number of rotatable bonds is 8. The van der Waals surface area contributed by atoms with Crippen molar-refractivity contribution in [3.8, 4) is 11.4 Å². The van der Waals surface area contributed by atoms with Crippen LogP contribution in [0.15, 0.2) is 53.9 Å². The van der Waals surface area contributed by atoms with Crippen LogP contribution in [0.1, 0.15) is 24.2 Å². The maximum Gasteiger partial charge on any atom is 0.255 e. The highest BCUT2D eigenvalue weighted by atomic mass is 35.5. The monoisotopic (exact) mass is 463 g/mol. The average Bonchev–Trinajstić information content (AvgIpc) is 3.28. The fourth-order valence-corrected chi connectivity index (χ4v) is 4.87. The van der Waals surface area contributed by atoms with Crippen molar-refractivity contribution in [2.75, 3.05) is 25.5 Å². The number of methoxy groups -OCH3 is 1. The lowest BCUT2D eigenvalue weighted by atomic mass is 10.2. The van der Waals surface area contributed by atoms with Gasteiger partial charge in [-0.25, -0.2) is 18.1 Å². The van der Waals surface area contributed by atoms with Crippen LogP contribution in [-0.2, 0) is 10.0 Å². The van der Waals surface area contributed by atoms with Gasteiger partial charge in [0.25, 0.3) is 5.91 Å². The molecule has 0 aliphatic rings. The molecule has 2 aromatic carbocycles. The number of hydrogen-bond donors (Lipinski definition) is 1. The van der Waals surface area contributed by atoms with Crippen molar-refractivity contribution in [3.63, 3.8) is 0 Å². The van der Waals surface area contributed by atoms with Crippen LogP contribution in [0.2, 0.25) is 5.02 Å². The van der Waals surface area contributed by atoms with Crippen LogP contribution < -0.4 is 10.1 Å². The molecule has 0 atom stereocenters. The molecule has 11 heteroatoms. The van der Waals surface area contributed by atoms with Gasteiger partial charge in [-0.05, 0) is 36.4 Å². The summed E-state index contributed by atoms with van der Waals surface area (Å²) in [5.74, 6) is -0.350. The molecular weight excluding hydrogens is 442 g/mol. The molecule has 0 spiro atoms. The van der Waals surface area contributed by atoms with Crippen molar-refractivity contribution >= 4 is 33.2 Å². The lowest BCUT2D eigenvalue weighted by Crippen LogP contribution is -2.31. The second kappa shape index (κ2) is 9.46. The van der Waals surface area contributed by atoms with Crippen molar-refractivity contribution < 1.29 is 17.9 Å². The molecule has 0 aliphatic carbocycles. The minimum Gasteiger partial charge on any atom is -0.495 e. The molecule has 0 bridgehead atoms. The molecule has 0 radical (unpaired) electrons. The molecule has 1 heterocycles. The number of anilines is 1. The van der Waals surface area contributed by atoms with E-state index in [1.165, 1.54) is 47.0 Å². The number of aromatic nitrogens is 3. The first-order valence-corrected chi connectivity index (χ1v) is 11.3. The molecule has 9 nitrogen and oxygen atoms in total. The smallest absolute Gasteiger partial charge is 0.255 e. The second-order valence-corrected chi connectivity index (χ2v) is 8.75. The fourth-order valence-electron chi connectivity index (χ4n) is 3.06. The van der Waals surface area contributed by atoms with E-state index in [9.17, 15) is 13.2 Å². The zero-order valence-corrected chi connectivity index (χ0v) is 18.8. The van der Waals surface area contributed by atoms with Crippen molar-refractivity contribution in [2.45, 2.75) is 18.7 Å². The zero-order valence-electron chi connectivity index (χ0n) is 17.2. The van der Waals surface area contributed by atoms with E-state index in [1.54, 1.807) is 32.0 Å². The van der Waals surface area contributed by atoms with Crippen LogP contribution in [0, 0.1) is 0 Å². The van der Waals surface area contributed by atoms with E-state index in [2.05, 4.69) is 15.4 Å². The SMILES string of the molecule is CCN(CC)S(=O)(=O)c1cc(C(=O)Nc2cc(Cl)ccc2-n2cncn2)ccc1OC. The van der Waals surface area contributed by atoms with Gasteiger partial charge < -0.3 is 10.1 Å². The summed E-state index contributed by atoms with van der Waals surface area (Å²) < 4.78 is 34.1. The normalized spacial score (nSPS) is 11.5. The van der Waals surface area contributed by atoms with Crippen molar-refractivity contribution in [3.05, 3.63) is 59.6 Å². The molecular formula is C20H22ClN5O4S. The summed E-state index contributed by atoms with van der Waals surface area (Å²) in [6, 6.07) is 9.19. The van der Waals surface area contributed by atoms with E-state index in [1.807, 2.05) is 0 Å². The van der Waals surface area contributed by atoms with Crippen LogP contribution in [-0.4, -0.2) is 53.6 Å². The van der Waals surface area contributed by atoms with Crippen LogP contribution in [0.25, 0.3) is 5.69 Å². The minimum atomic E-state index is -3.84. The highest BCUT2D eigenvalue weighted by Crippen LogP contribution is 2.29. The van der Waals surface area contributed by atoms with Crippen LogP contribution in [0.5, 0.6) is 5.75 Å². The standard InChI is InChI=1S/C20H22ClN5O4S/c1-4-25(5-2)31(28,29)19-10-14(6-9-18(19)30-3)20(27)24-16-11-15(21)7-8-17(16)26-13-22-12-23-26/h6-13H,4-5H2,1-3H3,(H,24,27). The molecule has 0 fully saturated rings. The first kappa shape index (κ1) is 22.7. The van der Waals surface area contributed by atoms with Gasteiger partial charge in [0.1, 0.15) is 23.3 Å². The van der Waals surface area contributed by atoms with Crippen molar-refractivity contribution in [2.24, 2.45) is 0 Å². The Bertz CT molecular complexity index is 1180. The van der Waals surface area contributed by atoms with E-state index >= 15 is 0 Å². The van der Waals surface area contributed by atoms with Gasteiger partial charge in [0.15, 0.2) is 0 Å². The summed E-state index contributed by atoms with van der Waals surface area (Å²) in [6.07, 6.45) is 2.86. The van der Waals surface area contributed by atoms with Gasteiger partial charge in [0.2, 0.25) is 10.0 Å². The van der Waals surface area contributed by atoms with Crippen molar-refractivity contribution in [1.29, 1.82) is 0 Å². The summed E-state index contributed by atoms with van der Waals surface area (Å²) in [4.78, 5) is 16.8. The molecule has 0 saturated heterocycles. The Morgan fingerprint density at radius 2 is 1.94 bits per heavy atom. The third kappa shape index (κ3) is 4.71. The topological polar surface area (TPSA) is 106 Å². The predicted octanol–water partition coefficient (Wildman–Crippen LogP) is 3.21. The molecule has 31 heavy (non-hydrogen) atoms. The van der Waals surface area contributed by atoms with Gasteiger partial charge in [0, 0.05) is 23.7 Å². The van der Waals surface area contributed by atoms with E-state index in [0.29, 0.717) is 29.5 Å². The number of sulfonamides is 1. The van der Waals surface area contributed by atoms with Gasteiger partial charge in [-0.3, -0.25) is 4.79 Å². The van der Waals surface area contributed by atoms with Gasteiger partial charge >= 0.3 is 0 Å². The van der Waals surface area contributed by atoms with E-state index in [-0.39, 0.29) is 16.2 Å². The second-order valence-electron chi connectivity index (χ2n) is 6.41. The summed E-state index contributed by atoms with van der Waals surface area (Å²) in [5.41, 5.74) is 1.10. The Hall–Kier alpha value is -2.95.